The minimum absolute atomic E-state index is 0. The number of hydrogen-bond donors (Lipinski definition) is 1. The van der Waals surface area contributed by atoms with Crippen LogP contribution in [0.15, 0.2) is 24.3 Å². The van der Waals surface area contributed by atoms with E-state index >= 15 is 0 Å². The average Bonchev–Trinajstić information content (AvgIpc) is 2.26. The van der Waals surface area contributed by atoms with Gasteiger partial charge in [0.15, 0.2) is 0 Å². The van der Waals surface area contributed by atoms with Crippen molar-refractivity contribution in [3.63, 3.8) is 0 Å². The number of halogens is 1. The molecule has 1 radical (unpaired) electrons. The third-order valence-electron chi connectivity index (χ3n) is 2.34. The summed E-state index contributed by atoms with van der Waals surface area (Å²) >= 11 is 0. The molecule has 1 rings (SSSR count). The first-order valence-electron chi connectivity index (χ1n) is 7.26. The van der Waals surface area contributed by atoms with Crippen LogP contribution in [0, 0.1) is 5.82 Å². The SMILES string of the molecule is C.C.C.CC(C)NC(=O)OC(C)(C)C.CC(C)c1ccc(F)cc1.[Y]. The van der Waals surface area contributed by atoms with E-state index in [1.165, 1.54) is 17.7 Å². The van der Waals surface area contributed by atoms with Gasteiger partial charge in [0, 0.05) is 38.8 Å². The van der Waals surface area contributed by atoms with E-state index in [1.807, 2.05) is 46.8 Å². The molecule has 0 bridgehead atoms. The minimum Gasteiger partial charge on any atom is -0.444 e. The van der Waals surface area contributed by atoms with E-state index in [2.05, 4.69) is 19.2 Å². The van der Waals surface area contributed by atoms with E-state index < -0.39 is 5.60 Å². The van der Waals surface area contributed by atoms with E-state index in [4.69, 9.17) is 4.74 Å². The number of ether oxygens (including phenoxy) is 1. The molecule has 0 aromatic heterocycles. The first kappa shape index (κ1) is 35.6. The van der Waals surface area contributed by atoms with E-state index in [1.54, 1.807) is 0 Å². The summed E-state index contributed by atoms with van der Waals surface area (Å²) in [5, 5.41) is 2.64. The molecule has 3 nitrogen and oxygen atoms in total. The molecule has 0 fully saturated rings. The predicted molar refractivity (Wildman–Crippen MR) is 105 cm³/mol. The Hall–Kier alpha value is -0.476. The molecule has 0 spiro atoms. The van der Waals surface area contributed by atoms with Crippen LogP contribution in [0.25, 0.3) is 0 Å². The molecule has 0 aliphatic carbocycles. The van der Waals surface area contributed by atoms with Crippen molar-refractivity contribution in [3.05, 3.63) is 35.6 Å². The fraction of sp³-hybridized carbons (Fsp3) is 0.650. The number of carbonyl (C=O) groups is 1. The molecular formula is C20H40FNO2Y. The molecule has 5 heteroatoms. The number of nitrogens with one attached hydrogen (secondary N) is 1. The number of amides is 1. The van der Waals surface area contributed by atoms with Crippen LogP contribution in [0.4, 0.5) is 9.18 Å². The van der Waals surface area contributed by atoms with Crippen LogP contribution in [0.1, 0.15) is 82.2 Å². The fourth-order valence-electron chi connectivity index (χ4n) is 1.39. The van der Waals surface area contributed by atoms with Crippen molar-refractivity contribution in [2.24, 2.45) is 0 Å². The van der Waals surface area contributed by atoms with Crippen LogP contribution < -0.4 is 5.32 Å². The molecule has 0 unspecified atom stereocenters. The molecule has 0 atom stereocenters. The first-order chi connectivity index (χ1) is 9.51. The monoisotopic (exact) mass is 434 g/mol. The number of carbonyl (C=O) groups excluding carboxylic acids is 1. The summed E-state index contributed by atoms with van der Waals surface area (Å²) in [4.78, 5) is 10.9. The Labute approximate surface area is 181 Å². The second kappa shape index (κ2) is 17.0. The summed E-state index contributed by atoms with van der Waals surface area (Å²) in [6, 6.07) is 6.76. The maximum atomic E-state index is 12.4. The Balaban J connectivity index is -0.0000000921. The van der Waals surface area contributed by atoms with Gasteiger partial charge in [-0.3, -0.25) is 0 Å². The van der Waals surface area contributed by atoms with E-state index in [9.17, 15) is 9.18 Å². The summed E-state index contributed by atoms with van der Waals surface area (Å²) in [6.07, 6.45) is -0.354. The topological polar surface area (TPSA) is 38.3 Å². The normalized spacial score (nSPS) is 9.20. The molecule has 0 saturated carbocycles. The average molecular weight is 434 g/mol. The second-order valence-electron chi connectivity index (χ2n) is 6.51. The van der Waals surface area contributed by atoms with Gasteiger partial charge in [0.2, 0.25) is 0 Å². The van der Waals surface area contributed by atoms with Crippen LogP contribution in [-0.2, 0) is 37.4 Å². The maximum Gasteiger partial charge on any atom is 0.407 e. The third kappa shape index (κ3) is 21.5. The predicted octanol–water partition coefficient (Wildman–Crippen LogP) is 6.77. The number of benzene rings is 1. The van der Waals surface area contributed by atoms with Crippen LogP contribution in [0.3, 0.4) is 0 Å². The van der Waals surface area contributed by atoms with Crippen molar-refractivity contribution >= 4 is 6.09 Å². The minimum atomic E-state index is -0.404. The van der Waals surface area contributed by atoms with Crippen molar-refractivity contribution in [2.45, 2.75) is 88.3 Å². The Kier molecular flexibility index (Phi) is 24.2. The molecule has 0 saturated heterocycles. The molecule has 1 N–H and O–H groups in total. The molecule has 0 aliphatic rings. The zero-order chi connectivity index (χ0) is 16.6. The van der Waals surface area contributed by atoms with Gasteiger partial charge in [-0.1, -0.05) is 48.3 Å². The Bertz CT molecular complexity index is 426. The van der Waals surface area contributed by atoms with Crippen LogP contribution in [0.5, 0.6) is 0 Å². The molecule has 147 valence electrons. The van der Waals surface area contributed by atoms with Gasteiger partial charge in [-0.2, -0.15) is 0 Å². The Morgan fingerprint density at radius 1 is 1.00 bits per heavy atom. The number of hydrogen-bond acceptors (Lipinski definition) is 2. The van der Waals surface area contributed by atoms with E-state index in [0.29, 0.717) is 5.92 Å². The van der Waals surface area contributed by atoms with Gasteiger partial charge in [-0.15, -0.1) is 0 Å². The van der Waals surface area contributed by atoms with Gasteiger partial charge in [0.05, 0.1) is 0 Å². The van der Waals surface area contributed by atoms with Gasteiger partial charge >= 0.3 is 6.09 Å². The zero-order valence-electron chi connectivity index (χ0n) is 14.7. The molecule has 1 amide bonds. The summed E-state index contributed by atoms with van der Waals surface area (Å²) in [5.74, 6) is 0.324. The van der Waals surface area contributed by atoms with Crippen molar-refractivity contribution in [1.29, 1.82) is 0 Å². The van der Waals surface area contributed by atoms with Crippen LogP contribution in [-0.4, -0.2) is 17.7 Å². The number of rotatable bonds is 2. The standard InChI is InChI=1S/C9H11F.C8H17NO2.3CH4.Y/c1-7(2)8-3-5-9(10)6-4-8;1-6(2)9-7(10)11-8(3,4)5;;;;/h3-7H,1-2H3;6H,1-5H3,(H,9,10);3*1H4;. The van der Waals surface area contributed by atoms with Crippen molar-refractivity contribution < 1.29 is 46.6 Å². The molecule has 25 heavy (non-hydrogen) atoms. The molecule has 0 heterocycles. The van der Waals surface area contributed by atoms with E-state index in [0.717, 1.165) is 0 Å². The van der Waals surface area contributed by atoms with Crippen molar-refractivity contribution in [3.8, 4) is 0 Å². The van der Waals surface area contributed by atoms with Gasteiger partial charge in [-0.25, -0.2) is 9.18 Å². The Morgan fingerprint density at radius 2 is 1.40 bits per heavy atom. The summed E-state index contributed by atoms with van der Waals surface area (Å²) in [6.45, 7) is 13.5. The van der Waals surface area contributed by atoms with Gasteiger partial charge in [-0.05, 0) is 58.2 Å². The molecular weight excluding hydrogens is 394 g/mol. The molecule has 1 aromatic carbocycles. The molecule has 1 aromatic rings. The summed E-state index contributed by atoms with van der Waals surface area (Å²) in [7, 11) is 0. The number of alkyl carbamates (subject to hydrolysis) is 1. The smallest absolute Gasteiger partial charge is 0.407 e. The molecule has 0 aliphatic heterocycles. The maximum absolute atomic E-state index is 12.4. The third-order valence-corrected chi connectivity index (χ3v) is 2.34. The summed E-state index contributed by atoms with van der Waals surface area (Å²) < 4.78 is 17.3. The summed E-state index contributed by atoms with van der Waals surface area (Å²) in [5.41, 5.74) is 0.778. The fourth-order valence-corrected chi connectivity index (χ4v) is 1.39. The quantitative estimate of drug-likeness (QED) is 0.558. The van der Waals surface area contributed by atoms with Crippen molar-refractivity contribution in [2.75, 3.05) is 0 Å². The van der Waals surface area contributed by atoms with Crippen LogP contribution >= 0.6 is 0 Å². The Morgan fingerprint density at radius 3 is 1.68 bits per heavy atom. The zero-order valence-corrected chi connectivity index (χ0v) is 17.6. The first-order valence-corrected chi connectivity index (χ1v) is 7.26. The van der Waals surface area contributed by atoms with Gasteiger partial charge < -0.3 is 10.1 Å². The largest absolute Gasteiger partial charge is 0.444 e. The van der Waals surface area contributed by atoms with Gasteiger partial charge in [0.1, 0.15) is 11.4 Å². The second-order valence-corrected chi connectivity index (χ2v) is 6.51. The van der Waals surface area contributed by atoms with E-state index in [-0.39, 0.29) is 72.9 Å². The van der Waals surface area contributed by atoms with Crippen molar-refractivity contribution in [1.82, 2.24) is 5.32 Å². The van der Waals surface area contributed by atoms with Crippen LogP contribution in [0.2, 0.25) is 0 Å². The van der Waals surface area contributed by atoms with Gasteiger partial charge in [0.25, 0.3) is 0 Å².